The lowest BCUT2D eigenvalue weighted by Crippen LogP contribution is -2.43. The van der Waals surface area contributed by atoms with Crippen LogP contribution in [0, 0.1) is 0 Å². The van der Waals surface area contributed by atoms with Crippen molar-refractivity contribution in [2.75, 3.05) is 26.3 Å². The number of ether oxygens (including phenoxy) is 2. The predicted molar refractivity (Wildman–Crippen MR) is 105 cm³/mol. The quantitative estimate of drug-likeness (QED) is 0.464. The van der Waals surface area contributed by atoms with Gasteiger partial charge in [0.15, 0.2) is 17.5 Å². The van der Waals surface area contributed by atoms with E-state index < -0.39 is 5.60 Å². The maximum Gasteiger partial charge on any atom is 0.191 e. The maximum atomic E-state index is 10.3. The van der Waals surface area contributed by atoms with E-state index in [-0.39, 0.29) is 6.04 Å². The van der Waals surface area contributed by atoms with Crippen LogP contribution in [0.2, 0.25) is 0 Å². The number of rotatable bonds is 9. The Kier molecular flexibility index (Phi) is 7.57. The fourth-order valence-corrected chi connectivity index (χ4v) is 2.91. The zero-order valence-corrected chi connectivity index (χ0v) is 16.5. The molecule has 2 rings (SSSR count). The second-order valence-electron chi connectivity index (χ2n) is 6.71. The summed E-state index contributed by atoms with van der Waals surface area (Å²) in [6.07, 6.45) is 2.75. The maximum absolute atomic E-state index is 10.3. The second-order valence-corrected chi connectivity index (χ2v) is 6.71. The molecule has 1 aliphatic carbocycles. The van der Waals surface area contributed by atoms with Crippen LogP contribution in [-0.4, -0.2) is 43.0 Å². The molecule has 3 N–H and O–H groups in total. The SMILES string of the molecule is CCNC(=NCC1(O)CCC1)NC(C)c1ccc(OCC)c(OCC)c1. The van der Waals surface area contributed by atoms with E-state index in [1.807, 2.05) is 39.0 Å². The molecule has 0 saturated heterocycles. The molecule has 0 aromatic heterocycles. The largest absolute Gasteiger partial charge is 0.490 e. The highest BCUT2D eigenvalue weighted by molar-refractivity contribution is 5.80. The number of benzene rings is 1. The first kappa shape index (κ1) is 20.4. The summed E-state index contributed by atoms with van der Waals surface area (Å²) in [6.45, 7) is 10.4. The lowest BCUT2D eigenvalue weighted by Gasteiger charge is -2.35. The molecule has 1 aromatic rings. The summed E-state index contributed by atoms with van der Waals surface area (Å²) in [6, 6.07) is 6.03. The van der Waals surface area contributed by atoms with E-state index in [4.69, 9.17) is 9.47 Å². The number of nitrogens with one attached hydrogen (secondary N) is 2. The van der Waals surface area contributed by atoms with Gasteiger partial charge in [-0.3, -0.25) is 4.99 Å². The van der Waals surface area contributed by atoms with Gasteiger partial charge in [-0.2, -0.15) is 0 Å². The Morgan fingerprint density at radius 2 is 1.88 bits per heavy atom. The van der Waals surface area contributed by atoms with E-state index in [1.165, 1.54) is 0 Å². The van der Waals surface area contributed by atoms with Gasteiger partial charge in [0, 0.05) is 6.54 Å². The summed E-state index contributed by atoms with van der Waals surface area (Å²) in [5, 5.41) is 16.9. The topological polar surface area (TPSA) is 75.1 Å². The average Bonchev–Trinajstić information content (AvgIpc) is 2.60. The molecule has 1 aromatic carbocycles. The number of guanidine groups is 1. The Morgan fingerprint density at radius 1 is 1.19 bits per heavy atom. The molecule has 1 atom stereocenters. The van der Waals surface area contributed by atoms with Crippen LogP contribution in [0.4, 0.5) is 0 Å². The average molecular weight is 364 g/mol. The molecule has 1 fully saturated rings. The van der Waals surface area contributed by atoms with Crippen LogP contribution in [0.15, 0.2) is 23.2 Å². The number of hydrogen-bond acceptors (Lipinski definition) is 4. The Labute approximate surface area is 157 Å². The van der Waals surface area contributed by atoms with E-state index in [0.717, 1.165) is 42.9 Å². The fourth-order valence-electron chi connectivity index (χ4n) is 2.91. The Bertz CT molecular complexity index is 600. The van der Waals surface area contributed by atoms with Crippen molar-refractivity contribution in [1.82, 2.24) is 10.6 Å². The molecule has 26 heavy (non-hydrogen) atoms. The summed E-state index contributed by atoms with van der Waals surface area (Å²) in [4.78, 5) is 4.57. The molecule has 0 aliphatic heterocycles. The van der Waals surface area contributed by atoms with Crippen molar-refractivity contribution in [2.24, 2.45) is 4.99 Å². The summed E-state index contributed by atoms with van der Waals surface area (Å²) in [7, 11) is 0. The molecule has 146 valence electrons. The Hall–Kier alpha value is -1.95. The lowest BCUT2D eigenvalue weighted by molar-refractivity contribution is -0.0236. The van der Waals surface area contributed by atoms with Gasteiger partial charge >= 0.3 is 0 Å². The van der Waals surface area contributed by atoms with Gasteiger partial charge in [0.2, 0.25) is 0 Å². The van der Waals surface area contributed by atoms with Crippen molar-refractivity contribution in [3.63, 3.8) is 0 Å². The van der Waals surface area contributed by atoms with Gasteiger partial charge in [-0.15, -0.1) is 0 Å². The van der Waals surface area contributed by atoms with Gasteiger partial charge in [-0.1, -0.05) is 6.07 Å². The van der Waals surface area contributed by atoms with Crippen LogP contribution in [0.5, 0.6) is 11.5 Å². The van der Waals surface area contributed by atoms with Crippen LogP contribution < -0.4 is 20.1 Å². The zero-order chi connectivity index (χ0) is 19.0. The molecule has 6 heteroatoms. The third-order valence-corrected chi connectivity index (χ3v) is 4.58. The summed E-state index contributed by atoms with van der Waals surface area (Å²) >= 11 is 0. The van der Waals surface area contributed by atoms with E-state index in [9.17, 15) is 5.11 Å². The second kappa shape index (κ2) is 9.67. The number of aliphatic imine (C=N–C) groups is 1. The van der Waals surface area contributed by atoms with Crippen molar-refractivity contribution in [3.05, 3.63) is 23.8 Å². The summed E-state index contributed by atoms with van der Waals surface area (Å²) in [5.41, 5.74) is 0.470. The molecule has 1 aliphatic rings. The van der Waals surface area contributed by atoms with Crippen LogP contribution in [0.25, 0.3) is 0 Å². The highest BCUT2D eigenvalue weighted by Crippen LogP contribution is 2.32. The van der Waals surface area contributed by atoms with Gasteiger partial charge < -0.3 is 25.2 Å². The Morgan fingerprint density at radius 3 is 2.46 bits per heavy atom. The minimum atomic E-state index is -0.618. The molecule has 0 heterocycles. The minimum absolute atomic E-state index is 0.0405. The fraction of sp³-hybridized carbons (Fsp3) is 0.650. The normalized spacial score (nSPS) is 17.2. The van der Waals surface area contributed by atoms with Crippen molar-refractivity contribution < 1.29 is 14.6 Å². The van der Waals surface area contributed by atoms with Crippen molar-refractivity contribution in [2.45, 2.75) is 58.6 Å². The minimum Gasteiger partial charge on any atom is -0.490 e. The molecular formula is C20H33N3O3. The van der Waals surface area contributed by atoms with E-state index >= 15 is 0 Å². The van der Waals surface area contributed by atoms with E-state index in [0.29, 0.717) is 25.7 Å². The highest BCUT2D eigenvalue weighted by atomic mass is 16.5. The number of nitrogens with zero attached hydrogens (tertiary/aromatic N) is 1. The third-order valence-electron chi connectivity index (χ3n) is 4.58. The van der Waals surface area contributed by atoms with Crippen molar-refractivity contribution in [3.8, 4) is 11.5 Å². The van der Waals surface area contributed by atoms with Gasteiger partial charge in [0.1, 0.15) is 0 Å². The standard InChI is InChI=1S/C20H33N3O3/c1-5-21-19(22-14-20(24)11-8-12-20)23-15(4)16-9-10-17(25-6-2)18(13-16)26-7-3/h9-10,13,15,24H,5-8,11-12,14H2,1-4H3,(H2,21,22,23). The van der Waals surface area contributed by atoms with E-state index in [2.05, 4.69) is 22.5 Å². The van der Waals surface area contributed by atoms with Gasteiger partial charge in [-0.25, -0.2) is 0 Å². The van der Waals surface area contributed by atoms with Crippen LogP contribution in [0.1, 0.15) is 58.6 Å². The molecule has 0 radical (unpaired) electrons. The van der Waals surface area contributed by atoms with Crippen molar-refractivity contribution >= 4 is 5.96 Å². The smallest absolute Gasteiger partial charge is 0.191 e. The zero-order valence-electron chi connectivity index (χ0n) is 16.5. The molecule has 0 bridgehead atoms. The lowest BCUT2D eigenvalue weighted by atomic mass is 9.80. The molecule has 1 unspecified atom stereocenters. The van der Waals surface area contributed by atoms with Gasteiger partial charge in [0.25, 0.3) is 0 Å². The van der Waals surface area contributed by atoms with Crippen LogP contribution in [-0.2, 0) is 0 Å². The number of hydrogen-bond donors (Lipinski definition) is 3. The van der Waals surface area contributed by atoms with Crippen LogP contribution >= 0.6 is 0 Å². The summed E-state index contributed by atoms with van der Waals surface area (Å²) < 4.78 is 11.3. The molecular weight excluding hydrogens is 330 g/mol. The first-order chi connectivity index (χ1) is 12.5. The van der Waals surface area contributed by atoms with Gasteiger partial charge in [-0.05, 0) is 64.7 Å². The first-order valence-electron chi connectivity index (χ1n) is 9.68. The molecule has 0 spiro atoms. The monoisotopic (exact) mass is 363 g/mol. The molecule has 0 amide bonds. The van der Waals surface area contributed by atoms with Crippen LogP contribution in [0.3, 0.4) is 0 Å². The van der Waals surface area contributed by atoms with E-state index in [1.54, 1.807) is 0 Å². The first-order valence-corrected chi connectivity index (χ1v) is 9.68. The molecule has 6 nitrogen and oxygen atoms in total. The number of aliphatic hydroxyl groups is 1. The Balaban J connectivity index is 2.08. The third kappa shape index (κ3) is 5.53. The summed E-state index contributed by atoms with van der Waals surface area (Å²) in [5.74, 6) is 2.23. The highest BCUT2D eigenvalue weighted by Gasteiger charge is 2.34. The van der Waals surface area contributed by atoms with Gasteiger partial charge in [0.05, 0.1) is 31.4 Å². The predicted octanol–water partition coefficient (Wildman–Crippen LogP) is 3.02. The molecule has 1 saturated carbocycles. The van der Waals surface area contributed by atoms with Crippen molar-refractivity contribution in [1.29, 1.82) is 0 Å².